The molecule has 0 aliphatic carbocycles. The second-order valence-electron chi connectivity index (χ2n) is 4.84. The lowest BCUT2D eigenvalue weighted by Crippen LogP contribution is -2.11. The van der Waals surface area contributed by atoms with Crippen LogP contribution in [0.3, 0.4) is 0 Å². The van der Waals surface area contributed by atoms with Gasteiger partial charge in [0.15, 0.2) is 0 Å². The Morgan fingerprint density at radius 1 is 1.08 bits per heavy atom. The SMILES string of the molecule is N#CCC(=O)Nc1cccc(NC(=O)/C=C/c2cccc(F)c2)c1. The minimum atomic E-state index is -0.424. The van der Waals surface area contributed by atoms with Gasteiger partial charge in [-0.2, -0.15) is 5.26 Å². The standard InChI is InChI=1S/C18H14FN3O2/c19-14-4-1-3-13(11-14)7-8-17(23)21-15-5-2-6-16(12-15)22-18(24)9-10-20/h1-8,11-12H,9H2,(H,21,23)(H,22,24)/b8-7+. The van der Waals surface area contributed by atoms with Crippen LogP contribution in [-0.4, -0.2) is 11.8 Å². The summed E-state index contributed by atoms with van der Waals surface area (Å²) in [7, 11) is 0. The quantitative estimate of drug-likeness (QED) is 0.828. The van der Waals surface area contributed by atoms with E-state index in [9.17, 15) is 14.0 Å². The van der Waals surface area contributed by atoms with Crippen LogP contribution in [0.15, 0.2) is 54.6 Å². The summed E-state index contributed by atoms with van der Waals surface area (Å²) in [6.07, 6.45) is 2.54. The smallest absolute Gasteiger partial charge is 0.248 e. The van der Waals surface area contributed by atoms with Crippen LogP contribution in [0, 0.1) is 17.1 Å². The van der Waals surface area contributed by atoms with E-state index in [0.29, 0.717) is 16.9 Å². The second-order valence-corrected chi connectivity index (χ2v) is 4.84. The molecule has 2 rings (SSSR count). The number of hydrogen-bond donors (Lipinski definition) is 2. The summed E-state index contributed by atoms with van der Waals surface area (Å²) in [5.74, 6) is -1.19. The fourth-order valence-electron chi connectivity index (χ4n) is 1.92. The summed E-state index contributed by atoms with van der Waals surface area (Å²) in [4.78, 5) is 23.3. The molecule has 0 aliphatic heterocycles. The average molecular weight is 323 g/mol. The molecule has 0 saturated heterocycles. The van der Waals surface area contributed by atoms with Gasteiger partial charge in [-0.25, -0.2) is 4.39 Å². The number of amides is 2. The molecule has 6 heteroatoms. The minimum absolute atomic E-state index is 0.243. The number of nitriles is 1. The van der Waals surface area contributed by atoms with Crippen LogP contribution in [0.5, 0.6) is 0 Å². The molecular formula is C18H14FN3O2. The van der Waals surface area contributed by atoms with E-state index in [1.807, 2.05) is 0 Å². The van der Waals surface area contributed by atoms with Gasteiger partial charge in [-0.15, -0.1) is 0 Å². The van der Waals surface area contributed by atoms with Crippen molar-refractivity contribution in [2.24, 2.45) is 0 Å². The van der Waals surface area contributed by atoms with E-state index < -0.39 is 5.91 Å². The van der Waals surface area contributed by atoms with Crippen LogP contribution in [-0.2, 0) is 9.59 Å². The lowest BCUT2D eigenvalue weighted by Gasteiger charge is -2.06. The lowest BCUT2D eigenvalue weighted by atomic mass is 10.2. The van der Waals surface area contributed by atoms with Gasteiger partial charge in [0, 0.05) is 17.5 Å². The summed E-state index contributed by atoms with van der Waals surface area (Å²) < 4.78 is 13.1. The van der Waals surface area contributed by atoms with Gasteiger partial charge in [0.1, 0.15) is 12.2 Å². The van der Waals surface area contributed by atoms with Crippen molar-refractivity contribution in [1.29, 1.82) is 5.26 Å². The molecule has 0 radical (unpaired) electrons. The summed E-state index contributed by atoms with van der Waals surface area (Å²) in [6, 6.07) is 14.2. The largest absolute Gasteiger partial charge is 0.325 e. The lowest BCUT2D eigenvalue weighted by molar-refractivity contribution is -0.115. The van der Waals surface area contributed by atoms with Gasteiger partial charge in [-0.05, 0) is 42.0 Å². The highest BCUT2D eigenvalue weighted by Gasteiger charge is 2.03. The maximum atomic E-state index is 13.1. The number of anilines is 2. The predicted molar refractivity (Wildman–Crippen MR) is 89.4 cm³/mol. The van der Waals surface area contributed by atoms with Gasteiger partial charge in [-0.1, -0.05) is 18.2 Å². The molecule has 5 nitrogen and oxygen atoms in total. The number of carbonyl (C=O) groups is 2. The van der Waals surface area contributed by atoms with E-state index in [1.54, 1.807) is 42.5 Å². The van der Waals surface area contributed by atoms with Crippen molar-refractivity contribution >= 4 is 29.3 Å². The predicted octanol–water partition coefficient (Wildman–Crippen LogP) is 3.33. The van der Waals surface area contributed by atoms with Gasteiger partial charge in [0.2, 0.25) is 11.8 Å². The van der Waals surface area contributed by atoms with Gasteiger partial charge in [0.05, 0.1) is 6.07 Å². The summed E-state index contributed by atoms with van der Waals surface area (Å²) in [5, 5.41) is 13.6. The van der Waals surface area contributed by atoms with Crippen molar-refractivity contribution in [2.75, 3.05) is 10.6 Å². The highest BCUT2D eigenvalue weighted by molar-refractivity contribution is 6.02. The molecule has 2 N–H and O–H groups in total. The van der Waals surface area contributed by atoms with Crippen LogP contribution in [0.2, 0.25) is 0 Å². The molecule has 2 aromatic rings. The number of benzene rings is 2. The van der Waals surface area contributed by atoms with E-state index in [4.69, 9.17) is 5.26 Å². The fraction of sp³-hybridized carbons (Fsp3) is 0.0556. The fourth-order valence-corrected chi connectivity index (χ4v) is 1.92. The molecule has 0 spiro atoms. The number of carbonyl (C=O) groups excluding carboxylic acids is 2. The molecule has 0 fully saturated rings. The molecule has 2 amide bonds. The minimum Gasteiger partial charge on any atom is -0.325 e. The average Bonchev–Trinajstić information content (AvgIpc) is 2.53. The highest BCUT2D eigenvalue weighted by atomic mass is 19.1. The number of halogens is 1. The molecule has 0 saturated carbocycles. The van der Waals surface area contributed by atoms with Gasteiger partial charge in [-0.3, -0.25) is 9.59 Å². The van der Waals surface area contributed by atoms with Gasteiger partial charge < -0.3 is 10.6 Å². The van der Waals surface area contributed by atoms with Crippen LogP contribution in [0.25, 0.3) is 6.08 Å². The Balaban J connectivity index is 1.99. The summed E-state index contributed by atoms with van der Waals surface area (Å²) in [6.45, 7) is 0. The summed E-state index contributed by atoms with van der Waals surface area (Å²) >= 11 is 0. The Kier molecular flexibility index (Phi) is 5.81. The Labute approximate surface area is 138 Å². The molecule has 2 aromatic carbocycles. The zero-order chi connectivity index (χ0) is 17.4. The van der Waals surface area contributed by atoms with Crippen molar-refractivity contribution in [3.8, 4) is 6.07 Å². The Morgan fingerprint density at radius 2 is 1.79 bits per heavy atom. The van der Waals surface area contributed by atoms with Crippen LogP contribution in [0.4, 0.5) is 15.8 Å². The zero-order valence-electron chi connectivity index (χ0n) is 12.6. The number of nitrogens with zero attached hydrogens (tertiary/aromatic N) is 1. The van der Waals surface area contributed by atoms with Crippen LogP contribution >= 0.6 is 0 Å². The maximum Gasteiger partial charge on any atom is 0.248 e. The maximum absolute atomic E-state index is 13.1. The first kappa shape index (κ1) is 16.9. The van der Waals surface area contributed by atoms with Crippen molar-refractivity contribution in [3.05, 3.63) is 66.0 Å². The third-order valence-corrected chi connectivity index (χ3v) is 2.93. The van der Waals surface area contributed by atoms with Crippen molar-refractivity contribution in [2.45, 2.75) is 6.42 Å². The van der Waals surface area contributed by atoms with Gasteiger partial charge >= 0.3 is 0 Å². The number of nitrogens with one attached hydrogen (secondary N) is 2. The Morgan fingerprint density at radius 3 is 2.50 bits per heavy atom. The molecule has 120 valence electrons. The highest BCUT2D eigenvalue weighted by Crippen LogP contribution is 2.15. The van der Waals surface area contributed by atoms with E-state index in [0.717, 1.165) is 0 Å². The second kappa shape index (κ2) is 8.25. The van der Waals surface area contributed by atoms with E-state index in [1.165, 1.54) is 24.3 Å². The van der Waals surface area contributed by atoms with Crippen LogP contribution < -0.4 is 10.6 Å². The molecule has 0 aliphatic rings. The third kappa shape index (κ3) is 5.39. The summed E-state index contributed by atoms with van der Waals surface area (Å²) in [5.41, 5.74) is 1.53. The van der Waals surface area contributed by atoms with Crippen LogP contribution in [0.1, 0.15) is 12.0 Å². The van der Waals surface area contributed by atoms with E-state index >= 15 is 0 Å². The molecule has 0 bridgehead atoms. The van der Waals surface area contributed by atoms with Crippen molar-refractivity contribution < 1.29 is 14.0 Å². The molecule has 0 aromatic heterocycles. The molecular weight excluding hydrogens is 309 g/mol. The Hall–Kier alpha value is -3.46. The first-order valence-corrected chi connectivity index (χ1v) is 7.08. The molecule has 0 heterocycles. The molecule has 24 heavy (non-hydrogen) atoms. The Bertz CT molecular complexity index is 825. The zero-order valence-corrected chi connectivity index (χ0v) is 12.6. The van der Waals surface area contributed by atoms with E-state index in [-0.39, 0.29) is 18.1 Å². The monoisotopic (exact) mass is 323 g/mol. The van der Waals surface area contributed by atoms with E-state index in [2.05, 4.69) is 10.6 Å². The molecule has 0 atom stereocenters. The van der Waals surface area contributed by atoms with Crippen molar-refractivity contribution in [3.63, 3.8) is 0 Å². The first-order valence-electron chi connectivity index (χ1n) is 7.08. The topological polar surface area (TPSA) is 82.0 Å². The number of rotatable bonds is 5. The van der Waals surface area contributed by atoms with Crippen molar-refractivity contribution in [1.82, 2.24) is 0 Å². The first-order chi connectivity index (χ1) is 11.6. The number of hydrogen-bond acceptors (Lipinski definition) is 3. The third-order valence-electron chi connectivity index (χ3n) is 2.93. The normalized spacial score (nSPS) is 10.2. The van der Waals surface area contributed by atoms with Gasteiger partial charge in [0.25, 0.3) is 0 Å². The molecule has 0 unspecified atom stereocenters.